The maximum Gasteiger partial charge on any atom is 0.157 e. The molecule has 0 spiro atoms. The van der Waals surface area contributed by atoms with Crippen LogP contribution < -0.4 is 11.1 Å². The predicted octanol–water partition coefficient (Wildman–Crippen LogP) is 2.19. The van der Waals surface area contributed by atoms with Gasteiger partial charge in [-0.3, -0.25) is 0 Å². The van der Waals surface area contributed by atoms with Crippen molar-refractivity contribution in [3.8, 4) is 0 Å². The second-order valence-corrected chi connectivity index (χ2v) is 4.44. The molecule has 0 fully saturated rings. The minimum atomic E-state index is 0.142. The van der Waals surface area contributed by atoms with Crippen LogP contribution in [0.3, 0.4) is 0 Å². The summed E-state index contributed by atoms with van der Waals surface area (Å²) in [5, 5.41) is 3.50. The fraction of sp³-hybridized carbons (Fsp3) is 0.636. The standard InChI is InChI=1S/C11H19ClN4O/c1-4-17-5-8(7(2)3)16-11-9(13)10(12)14-6-15-11/h6-8H,4-5,13H2,1-3H3,(H,14,15,16). The maximum atomic E-state index is 5.83. The van der Waals surface area contributed by atoms with Crippen molar-refractivity contribution in [3.05, 3.63) is 11.5 Å². The van der Waals surface area contributed by atoms with Crippen molar-refractivity contribution >= 4 is 23.1 Å². The lowest BCUT2D eigenvalue weighted by Gasteiger charge is -2.23. The van der Waals surface area contributed by atoms with Crippen molar-refractivity contribution in [2.24, 2.45) is 5.92 Å². The van der Waals surface area contributed by atoms with Crippen molar-refractivity contribution in [2.75, 3.05) is 24.3 Å². The van der Waals surface area contributed by atoms with Crippen LogP contribution in [0, 0.1) is 5.92 Å². The first-order valence-electron chi connectivity index (χ1n) is 5.66. The molecule has 0 aliphatic rings. The minimum Gasteiger partial charge on any atom is -0.393 e. The summed E-state index contributed by atoms with van der Waals surface area (Å²) < 4.78 is 5.42. The molecule has 17 heavy (non-hydrogen) atoms. The van der Waals surface area contributed by atoms with E-state index in [2.05, 4.69) is 29.1 Å². The van der Waals surface area contributed by atoms with Gasteiger partial charge >= 0.3 is 0 Å². The van der Waals surface area contributed by atoms with Gasteiger partial charge in [-0.15, -0.1) is 0 Å². The lowest BCUT2D eigenvalue weighted by atomic mass is 10.1. The lowest BCUT2D eigenvalue weighted by Crippen LogP contribution is -2.31. The number of nitrogens with two attached hydrogens (primary N) is 1. The third kappa shape index (κ3) is 4.02. The summed E-state index contributed by atoms with van der Waals surface area (Å²) >= 11 is 5.83. The Kier molecular flexibility index (Phi) is 5.44. The second kappa shape index (κ2) is 6.61. The Morgan fingerprint density at radius 3 is 2.76 bits per heavy atom. The van der Waals surface area contributed by atoms with Crippen LogP contribution in [0.5, 0.6) is 0 Å². The van der Waals surface area contributed by atoms with Crippen LogP contribution in [0.1, 0.15) is 20.8 Å². The summed E-state index contributed by atoms with van der Waals surface area (Å²) in [5.41, 5.74) is 6.17. The SMILES string of the molecule is CCOCC(Nc1ncnc(Cl)c1N)C(C)C. The Morgan fingerprint density at radius 2 is 2.18 bits per heavy atom. The Balaban J connectivity index is 2.75. The number of nitrogens with zero attached hydrogens (tertiary/aromatic N) is 2. The zero-order chi connectivity index (χ0) is 12.8. The molecular weight excluding hydrogens is 240 g/mol. The molecular formula is C11H19ClN4O. The molecule has 96 valence electrons. The van der Waals surface area contributed by atoms with Gasteiger partial charge in [0.05, 0.1) is 12.6 Å². The molecule has 1 rings (SSSR count). The third-order valence-electron chi connectivity index (χ3n) is 2.46. The highest BCUT2D eigenvalue weighted by Gasteiger charge is 2.16. The minimum absolute atomic E-state index is 0.142. The van der Waals surface area contributed by atoms with Crippen molar-refractivity contribution in [1.29, 1.82) is 0 Å². The number of nitrogen functional groups attached to an aromatic ring is 1. The highest BCUT2D eigenvalue weighted by molar-refractivity contribution is 6.32. The van der Waals surface area contributed by atoms with E-state index in [0.29, 0.717) is 30.6 Å². The quantitative estimate of drug-likeness (QED) is 0.765. The molecule has 6 heteroatoms. The van der Waals surface area contributed by atoms with Crippen LogP contribution in [0.2, 0.25) is 5.15 Å². The van der Waals surface area contributed by atoms with Crippen LogP contribution >= 0.6 is 11.6 Å². The smallest absolute Gasteiger partial charge is 0.157 e. The Hall–Kier alpha value is -1.07. The maximum absolute atomic E-state index is 5.83. The molecule has 0 aromatic carbocycles. The normalized spacial score (nSPS) is 12.8. The molecule has 1 heterocycles. The van der Waals surface area contributed by atoms with Crippen LogP contribution in [0.15, 0.2) is 6.33 Å². The summed E-state index contributed by atoms with van der Waals surface area (Å²) in [5.74, 6) is 0.957. The van der Waals surface area contributed by atoms with E-state index in [-0.39, 0.29) is 11.2 Å². The Labute approximate surface area is 107 Å². The molecule has 1 unspecified atom stereocenters. The molecule has 3 N–H and O–H groups in total. The molecule has 1 aromatic heterocycles. The highest BCUT2D eigenvalue weighted by atomic mass is 35.5. The first-order valence-corrected chi connectivity index (χ1v) is 6.04. The number of rotatable bonds is 6. The van der Waals surface area contributed by atoms with Gasteiger partial charge in [-0.2, -0.15) is 0 Å². The van der Waals surface area contributed by atoms with Crippen LogP contribution in [-0.4, -0.2) is 29.2 Å². The van der Waals surface area contributed by atoms with E-state index in [1.54, 1.807) is 0 Å². The van der Waals surface area contributed by atoms with E-state index in [9.17, 15) is 0 Å². The van der Waals surface area contributed by atoms with E-state index >= 15 is 0 Å². The summed E-state index contributed by atoms with van der Waals surface area (Å²) in [6.07, 6.45) is 1.39. The zero-order valence-corrected chi connectivity index (χ0v) is 11.2. The number of hydrogen-bond acceptors (Lipinski definition) is 5. The molecule has 0 aliphatic heterocycles. The first kappa shape index (κ1) is 14.0. The molecule has 0 radical (unpaired) electrons. The summed E-state index contributed by atoms with van der Waals surface area (Å²) in [6, 6.07) is 0.142. The van der Waals surface area contributed by atoms with Crippen LogP contribution in [-0.2, 0) is 4.74 Å². The van der Waals surface area contributed by atoms with Gasteiger partial charge in [0.2, 0.25) is 0 Å². The number of nitrogens with one attached hydrogen (secondary N) is 1. The van der Waals surface area contributed by atoms with Gasteiger partial charge in [-0.25, -0.2) is 9.97 Å². The molecule has 1 aromatic rings. The third-order valence-corrected chi connectivity index (χ3v) is 2.76. The first-order chi connectivity index (χ1) is 8.06. The highest BCUT2D eigenvalue weighted by Crippen LogP contribution is 2.23. The van der Waals surface area contributed by atoms with E-state index in [0.717, 1.165) is 0 Å². The van der Waals surface area contributed by atoms with E-state index in [4.69, 9.17) is 22.1 Å². The fourth-order valence-corrected chi connectivity index (χ4v) is 1.44. The monoisotopic (exact) mass is 258 g/mol. The second-order valence-electron chi connectivity index (χ2n) is 4.08. The topological polar surface area (TPSA) is 73.1 Å². The lowest BCUT2D eigenvalue weighted by molar-refractivity contribution is 0.126. The molecule has 0 amide bonds. The predicted molar refractivity (Wildman–Crippen MR) is 70.2 cm³/mol. The van der Waals surface area contributed by atoms with Crippen LogP contribution in [0.4, 0.5) is 11.5 Å². The molecule has 0 aliphatic carbocycles. The van der Waals surface area contributed by atoms with E-state index in [1.807, 2.05) is 6.92 Å². The van der Waals surface area contributed by atoms with Crippen molar-refractivity contribution in [2.45, 2.75) is 26.8 Å². The summed E-state index contributed by atoms with van der Waals surface area (Å²) in [7, 11) is 0. The average Bonchev–Trinajstić information content (AvgIpc) is 2.29. The van der Waals surface area contributed by atoms with E-state index in [1.165, 1.54) is 6.33 Å². The van der Waals surface area contributed by atoms with Gasteiger partial charge in [0, 0.05) is 6.61 Å². The van der Waals surface area contributed by atoms with Gasteiger partial charge in [0.15, 0.2) is 11.0 Å². The van der Waals surface area contributed by atoms with E-state index < -0.39 is 0 Å². The van der Waals surface area contributed by atoms with Crippen molar-refractivity contribution < 1.29 is 4.74 Å². The average molecular weight is 259 g/mol. The fourth-order valence-electron chi connectivity index (χ4n) is 1.31. The molecule has 0 saturated carbocycles. The largest absolute Gasteiger partial charge is 0.393 e. The van der Waals surface area contributed by atoms with Gasteiger partial charge in [0.25, 0.3) is 0 Å². The number of halogens is 1. The Bertz CT molecular complexity index is 359. The van der Waals surface area contributed by atoms with Crippen molar-refractivity contribution in [1.82, 2.24) is 9.97 Å². The van der Waals surface area contributed by atoms with Gasteiger partial charge < -0.3 is 15.8 Å². The zero-order valence-electron chi connectivity index (χ0n) is 10.4. The summed E-state index contributed by atoms with van der Waals surface area (Å²) in [4.78, 5) is 7.89. The van der Waals surface area contributed by atoms with Gasteiger partial charge in [-0.1, -0.05) is 25.4 Å². The molecule has 0 bridgehead atoms. The molecule has 1 atom stereocenters. The summed E-state index contributed by atoms with van der Waals surface area (Å²) in [6.45, 7) is 7.47. The molecule has 0 saturated heterocycles. The number of aromatic nitrogens is 2. The van der Waals surface area contributed by atoms with Crippen LogP contribution in [0.25, 0.3) is 0 Å². The van der Waals surface area contributed by atoms with Crippen molar-refractivity contribution in [3.63, 3.8) is 0 Å². The van der Waals surface area contributed by atoms with Gasteiger partial charge in [0.1, 0.15) is 12.0 Å². The number of ether oxygens (including phenoxy) is 1. The number of anilines is 2. The Morgan fingerprint density at radius 1 is 1.47 bits per heavy atom. The molecule has 5 nitrogen and oxygen atoms in total. The van der Waals surface area contributed by atoms with Gasteiger partial charge in [-0.05, 0) is 12.8 Å². The number of hydrogen-bond donors (Lipinski definition) is 2.